The van der Waals surface area contributed by atoms with Crippen LogP contribution in [0.15, 0.2) is 0 Å². The van der Waals surface area contributed by atoms with Crippen molar-refractivity contribution in [1.29, 1.82) is 0 Å². The number of hydrogen-bond donors (Lipinski definition) is 2. The highest BCUT2D eigenvalue weighted by Crippen LogP contribution is 2.27. The van der Waals surface area contributed by atoms with Gasteiger partial charge >= 0.3 is 6.09 Å². The molecule has 2 saturated carbocycles. The fourth-order valence-corrected chi connectivity index (χ4v) is 3.57. The van der Waals surface area contributed by atoms with Crippen LogP contribution in [0.1, 0.15) is 72.6 Å². The Morgan fingerprint density at radius 3 is 2.14 bits per heavy atom. The predicted octanol–water partition coefficient (Wildman–Crippen LogP) is 3.60. The molecule has 122 valence electrons. The van der Waals surface area contributed by atoms with Gasteiger partial charge in [-0.1, -0.05) is 13.3 Å². The summed E-state index contributed by atoms with van der Waals surface area (Å²) in [6, 6.07) is 1.62. The van der Waals surface area contributed by atoms with Gasteiger partial charge in [-0.05, 0) is 65.2 Å². The van der Waals surface area contributed by atoms with Crippen LogP contribution in [0, 0.1) is 5.92 Å². The number of amides is 1. The van der Waals surface area contributed by atoms with Crippen molar-refractivity contribution in [3.05, 3.63) is 0 Å². The van der Waals surface area contributed by atoms with Gasteiger partial charge in [0, 0.05) is 18.1 Å². The Bertz CT molecular complexity index is 343. The Labute approximate surface area is 129 Å². The molecule has 2 rings (SSSR count). The number of carbonyl (C=O) groups is 1. The van der Waals surface area contributed by atoms with Gasteiger partial charge in [-0.15, -0.1) is 0 Å². The van der Waals surface area contributed by atoms with Crippen molar-refractivity contribution in [1.82, 2.24) is 10.6 Å². The molecule has 21 heavy (non-hydrogen) atoms. The molecule has 0 aliphatic heterocycles. The molecular weight excluding hydrogens is 264 g/mol. The second-order valence-electron chi connectivity index (χ2n) is 7.88. The van der Waals surface area contributed by atoms with E-state index in [4.69, 9.17) is 4.74 Å². The van der Waals surface area contributed by atoms with E-state index in [1.54, 1.807) is 0 Å². The zero-order valence-corrected chi connectivity index (χ0v) is 14.1. The van der Waals surface area contributed by atoms with E-state index in [0.717, 1.165) is 31.6 Å². The number of hydrogen-bond acceptors (Lipinski definition) is 3. The largest absolute Gasteiger partial charge is 0.444 e. The van der Waals surface area contributed by atoms with Gasteiger partial charge in [0.05, 0.1) is 0 Å². The Kier molecular flexibility index (Phi) is 5.53. The minimum absolute atomic E-state index is 0.275. The maximum atomic E-state index is 11.8. The molecule has 2 fully saturated rings. The first-order chi connectivity index (χ1) is 9.83. The number of nitrogens with one attached hydrogen (secondary N) is 2. The SMILES string of the molecule is CC1CCCC1NC1CCC(NC(=O)OC(C)(C)C)CC1. The molecule has 0 aromatic rings. The van der Waals surface area contributed by atoms with Crippen molar-refractivity contribution < 1.29 is 9.53 Å². The molecule has 0 aromatic carbocycles. The molecule has 2 N–H and O–H groups in total. The second-order valence-corrected chi connectivity index (χ2v) is 7.88. The normalized spacial score (nSPS) is 33.7. The molecule has 0 bridgehead atoms. The predicted molar refractivity (Wildman–Crippen MR) is 85.4 cm³/mol. The molecule has 4 heteroatoms. The van der Waals surface area contributed by atoms with Crippen LogP contribution in [0.25, 0.3) is 0 Å². The summed E-state index contributed by atoms with van der Waals surface area (Å²) in [5.74, 6) is 0.822. The fourth-order valence-electron chi connectivity index (χ4n) is 3.57. The van der Waals surface area contributed by atoms with Gasteiger partial charge in [-0.3, -0.25) is 0 Å². The Morgan fingerprint density at radius 1 is 1.00 bits per heavy atom. The van der Waals surface area contributed by atoms with Crippen LogP contribution in [0.5, 0.6) is 0 Å². The van der Waals surface area contributed by atoms with Crippen molar-refractivity contribution in [3.63, 3.8) is 0 Å². The van der Waals surface area contributed by atoms with E-state index in [2.05, 4.69) is 17.6 Å². The van der Waals surface area contributed by atoms with Gasteiger partial charge in [0.1, 0.15) is 5.60 Å². The molecule has 0 spiro atoms. The molecule has 4 nitrogen and oxygen atoms in total. The smallest absolute Gasteiger partial charge is 0.407 e. The maximum Gasteiger partial charge on any atom is 0.407 e. The third kappa shape index (κ3) is 5.50. The van der Waals surface area contributed by atoms with E-state index in [1.165, 1.54) is 19.3 Å². The zero-order chi connectivity index (χ0) is 15.5. The molecule has 2 aliphatic rings. The van der Waals surface area contributed by atoms with Gasteiger partial charge in [-0.25, -0.2) is 4.79 Å². The fraction of sp³-hybridized carbons (Fsp3) is 0.941. The summed E-state index contributed by atoms with van der Waals surface area (Å²) in [5.41, 5.74) is -0.415. The average molecular weight is 296 g/mol. The molecular formula is C17H32N2O2. The van der Waals surface area contributed by atoms with E-state index in [1.807, 2.05) is 20.8 Å². The summed E-state index contributed by atoms with van der Waals surface area (Å²) < 4.78 is 5.32. The highest BCUT2D eigenvalue weighted by Gasteiger charge is 2.29. The third-order valence-corrected chi connectivity index (χ3v) is 4.76. The van der Waals surface area contributed by atoms with E-state index in [-0.39, 0.29) is 12.1 Å². The lowest BCUT2D eigenvalue weighted by Crippen LogP contribution is -2.46. The molecule has 2 aliphatic carbocycles. The number of rotatable bonds is 3. The van der Waals surface area contributed by atoms with Gasteiger partial charge in [0.15, 0.2) is 0 Å². The van der Waals surface area contributed by atoms with Crippen LogP contribution < -0.4 is 10.6 Å². The first kappa shape index (κ1) is 16.6. The summed E-state index contributed by atoms with van der Waals surface area (Å²) in [7, 11) is 0. The van der Waals surface area contributed by atoms with Crippen molar-refractivity contribution in [2.45, 2.75) is 96.4 Å². The number of carbonyl (C=O) groups excluding carboxylic acids is 1. The molecule has 0 aromatic heterocycles. The van der Waals surface area contributed by atoms with Gasteiger partial charge < -0.3 is 15.4 Å². The molecule has 0 radical (unpaired) electrons. The average Bonchev–Trinajstić information content (AvgIpc) is 2.75. The van der Waals surface area contributed by atoms with Gasteiger partial charge in [-0.2, -0.15) is 0 Å². The molecule has 1 amide bonds. The van der Waals surface area contributed by atoms with E-state index < -0.39 is 5.60 Å². The molecule has 2 unspecified atom stereocenters. The summed E-state index contributed by atoms with van der Waals surface area (Å²) in [5, 5.41) is 6.85. The van der Waals surface area contributed by atoms with Gasteiger partial charge in [0.2, 0.25) is 0 Å². The number of ether oxygens (including phenoxy) is 1. The van der Waals surface area contributed by atoms with Crippen molar-refractivity contribution in [2.75, 3.05) is 0 Å². The van der Waals surface area contributed by atoms with Crippen molar-refractivity contribution >= 4 is 6.09 Å². The monoisotopic (exact) mass is 296 g/mol. The lowest BCUT2D eigenvalue weighted by Gasteiger charge is -2.33. The van der Waals surface area contributed by atoms with Crippen LogP contribution in [-0.4, -0.2) is 29.8 Å². The van der Waals surface area contributed by atoms with Crippen LogP contribution in [0.4, 0.5) is 4.79 Å². The quantitative estimate of drug-likeness (QED) is 0.836. The molecule has 2 atom stereocenters. The topological polar surface area (TPSA) is 50.4 Å². The Hall–Kier alpha value is -0.770. The molecule has 0 heterocycles. The molecule has 0 saturated heterocycles. The lowest BCUT2D eigenvalue weighted by molar-refractivity contribution is 0.0489. The Balaban J connectivity index is 1.67. The van der Waals surface area contributed by atoms with E-state index in [0.29, 0.717) is 12.1 Å². The summed E-state index contributed by atoms with van der Waals surface area (Å²) in [6.07, 6.45) is 8.21. The minimum atomic E-state index is -0.415. The van der Waals surface area contributed by atoms with Crippen LogP contribution in [0.2, 0.25) is 0 Å². The lowest BCUT2D eigenvalue weighted by atomic mass is 9.90. The van der Waals surface area contributed by atoms with Gasteiger partial charge in [0.25, 0.3) is 0 Å². The number of alkyl carbamates (subject to hydrolysis) is 1. The highest BCUT2D eigenvalue weighted by molar-refractivity contribution is 5.68. The second kappa shape index (κ2) is 6.99. The maximum absolute atomic E-state index is 11.8. The first-order valence-corrected chi connectivity index (χ1v) is 8.59. The third-order valence-electron chi connectivity index (χ3n) is 4.76. The van der Waals surface area contributed by atoms with Crippen molar-refractivity contribution in [2.24, 2.45) is 5.92 Å². The summed E-state index contributed by atoms with van der Waals surface area (Å²) in [6.45, 7) is 8.06. The highest BCUT2D eigenvalue weighted by atomic mass is 16.6. The first-order valence-electron chi connectivity index (χ1n) is 8.59. The van der Waals surface area contributed by atoms with Crippen LogP contribution >= 0.6 is 0 Å². The van der Waals surface area contributed by atoms with E-state index in [9.17, 15) is 4.79 Å². The van der Waals surface area contributed by atoms with E-state index >= 15 is 0 Å². The minimum Gasteiger partial charge on any atom is -0.444 e. The van der Waals surface area contributed by atoms with Crippen molar-refractivity contribution in [3.8, 4) is 0 Å². The Morgan fingerprint density at radius 2 is 1.62 bits per heavy atom. The van der Waals surface area contributed by atoms with Crippen LogP contribution in [-0.2, 0) is 4.74 Å². The zero-order valence-electron chi connectivity index (χ0n) is 14.1. The summed E-state index contributed by atoms with van der Waals surface area (Å²) >= 11 is 0. The summed E-state index contributed by atoms with van der Waals surface area (Å²) in [4.78, 5) is 11.8. The van der Waals surface area contributed by atoms with Crippen LogP contribution in [0.3, 0.4) is 0 Å². The standard InChI is InChI=1S/C17H32N2O2/c1-12-6-5-7-15(12)18-13-8-10-14(11-9-13)19-16(20)21-17(2,3)4/h12-15,18H,5-11H2,1-4H3,(H,19,20).